The van der Waals surface area contributed by atoms with Gasteiger partial charge in [0, 0.05) is 11.8 Å². The highest BCUT2D eigenvalue weighted by Gasteiger charge is 2.51. The smallest absolute Gasteiger partial charge is 0.290 e. The van der Waals surface area contributed by atoms with E-state index >= 15 is 0 Å². The number of amides is 6. The summed E-state index contributed by atoms with van der Waals surface area (Å²) < 4.78 is 0. The van der Waals surface area contributed by atoms with E-state index in [0.29, 0.717) is 19.3 Å². The van der Waals surface area contributed by atoms with Crippen LogP contribution in [0.15, 0.2) is 30.3 Å². The molecule has 4 aliphatic rings. The zero-order chi connectivity index (χ0) is 39.9. The molecule has 2 saturated heterocycles. The first-order valence-electron chi connectivity index (χ1n) is 20.3. The van der Waals surface area contributed by atoms with E-state index in [1.165, 1.54) is 0 Å². The molecule has 2 saturated carbocycles. The zero-order valence-corrected chi connectivity index (χ0v) is 33.8. The first-order chi connectivity index (χ1) is 26.2. The van der Waals surface area contributed by atoms with Crippen LogP contribution in [0, 0.1) is 17.3 Å². The molecule has 6 amide bonds. The summed E-state index contributed by atoms with van der Waals surface area (Å²) in [6, 6.07) is 4.04. The van der Waals surface area contributed by atoms with Gasteiger partial charge in [-0.2, -0.15) is 0 Å². The van der Waals surface area contributed by atoms with Gasteiger partial charge < -0.3 is 31.5 Å². The van der Waals surface area contributed by atoms with E-state index in [4.69, 9.17) is 0 Å². The van der Waals surface area contributed by atoms with Crippen LogP contribution in [0.3, 0.4) is 0 Å². The molecule has 1 aromatic rings. The second-order valence-electron chi connectivity index (χ2n) is 16.9. The summed E-state index contributed by atoms with van der Waals surface area (Å²) in [5.74, 6) is -3.06. The number of nitrogens with one attached hydrogen (secondary N) is 5. The maximum atomic E-state index is 14.9. The van der Waals surface area contributed by atoms with Gasteiger partial charge in [0.25, 0.3) is 11.1 Å². The van der Waals surface area contributed by atoms with Gasteiger partial charge in [0.15, 0.2) is 0 Å². The molecule has 1 aromatic carbocycles. The number of rotatable bonds is 14. The fourth-order valence-electron chi connectivity index (χ4n) is 8.76. The molecular formula is C41H60N6O7S. The number of benzene rings is 1. The Morgan fingerprint density at radius 1 is 0.873 bits per heavy atom. The van der Waals surface area contributed by atoms with Crippen molar-refractivity contribution in [2.75, 3.05) is 5.75 Å². The highest BCUT2D eigenvalue weighted by molar-refractivity contribution is 8.14. The van der Waals surface area contributed by atoms with Gasteiger partial charge in [-0.05, 0) is 68.3 Å². The Morgan fingerprint density at radius 3 is 2.18 bits per heavy atom. The second kappa shape index (κ2) is 18.8. The maximum Gasteiger partial charge on any atom is 0.290 e. The third-order valence-electron chi connectivity index (χ3n) is 11.8. The van der Waals surface area contributed by atoms with E-state index in [0.717, 1.165) is 68.7 Å². The minimum Gasteiger partial charge on any atom is -0.344 e. The molecule has 0 spiro atoms. The van der Waals surface area contributed by atoms with E-state index in [2.05, 4.69) is 26.6 Å². The molecule has 5 unspecified atom stereocenters. The highest BCUT2D eigenvalue weighted by atomic mass is 32.2. The molecule has 5 N–H and O–H groups in total. The van der Waals surface area contributed by atoms with Crippen molar-refractivity contribution in [2.24, 2.45) is 17.3 Å². The summed E-state index contributed by atoms with van der Waals surface area (Å²) in [7, 11) is 0. The largest absolute Gasteiger partial charge is 0.344 e. The van der Waals surface area contributed by atoms with Crippen LogP contribution in [-0.2, 0) is 28.8 Å². The lowest BCUT2D eigenvalue weighted by atomic mass is 9.81. The standard InChI is InChI=1S/C41H60N6O7S/c1-6-15-28(33(48)38(52)42-24(2)25-16-9-7-10-17-25)43-36(50)31-22-27-20-13-14-21-30(27)47(31)39(53)34(41(3,4)5)46-37(51)32(26-18-11-8-12-19-26)45-35(49)29-23-55-40(54)44-29/h7,9-10,16-17,24,26-32,34H,6,8,11-15,18-23H2,1-5H3,(H,42,52)(H,43,50)(H,44,54)(H,45,49)(H,46,51)/t24-,27?,28?,29?,30?,31-,32?,34+/m0/s1. The average molecular weight is 781 g/mol. The van der Waals surface area contributed by atoms with Crippen LogP contribution in [0.4, 0.5) is 4.79 Å². The van der Waals surface area contributed by atoms with E-state index in [1.807, 2.05) is 58.0 Å². The quantitative estimate of drug-likeness (QED) is 0.173. The minimum absolute atomic E-state index is 0.0777. The van der Waals surface area contributed by atoms with Gasteiger partial charge >= 0.3 is 0 Å². The van der Waals surface area contributed by atoms with Crippen molar-refractivity contribution in [2.45, 2.75) is 154 Å². The number of fused-ring (bicyclic) bond motifs is 1. The Hall–Kier alpha value is -3.94. The second-order valence-corrected chi connectivity index (χ2v) is 17.9. The number of hydrogen-bond donors (Lipinski definition) is 5. The Bertz CT molecular complexity index is 1580. The normalized spacial score (nSPS) is 25.0. The molecule has 0 bridgehead atoms. The van der Waals surface area contributed by atoms with Crippen LogP contribution >= 0.6 is 11.8 Å². The summed E-state index contributed by atoms with van der Waals surface area (Å²) in [5.41, 5.74) is 0.0724. The molecule has 0 radical (unpaired) electrons. The number of ketones is 1. The van der Waals surface area contributed by atoms with Gasteiger partial charge in [-0.1, -0.05) is 108 Å². The number of carbonyl (C=O) groups is 7. The third kappa shape index (κ3) is 10.5. The zero-order valence-electron chi connectivity index (χ0n) is 33.0. The Labute approximate surface area is 329 Å². The van der Waals surface area contributed by atoms with Gasteiger partial charge in [-0.25, -0.2) is 0 Å². The van der Waals surface area contributed by atoms with Gasteiger partial charge in [0.2, 0.25) is 29.4 Å². The number of thioether (sulfide) groups is 1. The van der Waals surface area contributed by atoms with E-state index in [9.17, 15) is 33.6 Å². The number of nitrogens with zero attached hydrogens (tertiary/aromatic N) is 1. The fourth-order valence-corrected chi connectivity index (χ4v) is 9.54. The molecule has 2 aliphatic carbocycles. The third-order valence-corrected chi connectivity index (χ3v) is 12.7. The molecule has 2 heterocycles. The summed E-state index contributed by atoms with van der Waals surface area (Å²) in [6.07, 6.45) is 9.04. The van der Waals surface area contributed by atoms with Crippen molar-refractivity contribution in [3.8, 4) is 0 Å². The van der Waals surface area contributed by atoms with Crippen LogP contribution < -0.4 is 26.6 Å². The predicted octanol–water partition coefficient (Wildman–Crippen LogP) is 4.30. The van der Waals surface area contributed by atoms with Crippen LogP contribution in [0.5, 0.6) is 0 Å². The topological polar surface area (TPSA) is 183 Å². The van der Waals surface area contributed by atoms with Crippen LogP contribution in [-0.4, -0.2) is 87.5 Å². The van der Waals surface area contributed by atoms with Crippen molar-refractivity contribution in [1.29, 1.82) is 0 Å². The molecular weight excluding hydrogens is 721 g/mol. The number of hydrogen-bond acceptors (Lipinski definition) is 8. The molecule has 5 rings (SSSR count). The molecule has 55 heavy (non-hydrogen) atoms. The maximum absolute atomic E-state index is 14.9. The first kappa shape index (κ1) is 42.2. The summed E-state index contributed by atoms with van der Waals surface area (Å²) in [6.45, 7) is 9.26. The SMILES string of the molecule is CCCC(NC(=O)[C@@H]1CC2CCCCC2N1C(=O)[C@@H](NC(=O)C(NC(=O)C1CSC(=O)N1)C1CCCCC1)C(C)(C)C)C(=O)C(=O)N[C@@H](C)c1ccccc1. The Balaban J connectivity index is 1.35. The summed E-state index contributed by atoms with van der Waals surface area (Å²) in [4.78, 5) is 97.1. The van der Waals surface area contributed by atoms with Gasteiger partial charge in [-0.3, -0.25) is 33.6 Å². The molecule has 0 aromatic heterocycles. The Kier molecular flexibility index (Phi) is 14.4. The minimum atomic E-state index is -1.07. The number of carbonyl (C=O) groups excluding carboxylic acids is 7. The number of Topliss-reactive ketones (excluding diaryl/α,β-unsaturated/α-hetero) is 1. The first-order valence-corrected chi connectivity index (χ1v) is 21.2. The lowest BCUT2D eigenvalue weighted by molar-refractivity contribution is -0.147. The van der Waals surface area contributed by atoms with Crippen LogP contribution in [0.25, 0.3) is 0 Å². The van der Waals surface area contributed by atoms with Crippen molar-refractivity contribution in [1.82, 2.24) is 31.5 Å². The Morgan fingerprint density at radius 2 is 1.55 bits per heavy atom. The van der Waals surface area contributed by atoms with Crippen molar-refractivity contribution in [3.63, 3.8) is 0 Å². The van der Waals surface area contributed by atoms with E-state index in [1.54, 1.807) is 11.8 Å². The fraction of sp³-hybridized carbons (Fsp3) is 0.683. The molecule has 13 nitrogen and oxygen atoms in total. The molecule has 4 fully saturated rings. The highest BCUT2D eigenvalue weighted by Crippen LogP contribution is 2.41. The summed E-state index contributed by atoms with van der Waals surface area (Å²) in [5, 5.41) is 14.0. The van der Waals surface area contributed by atoms with Crippen LogP contribution in [0.2, 0.25) is 0 Å². The lowest BCUT2D eigenvalue weighted by Gasteiger charge is -2.40. The van der Waals surface area contributed by atoms with E-state index < -0.39 is 71.1 Å². The molecule has 302 valence electrons. The summed E-state index contributed by atoms with van der Waals surface area (Å²) >= 11 is 1.03. The lowest BCUT2D eigenvalue weighted by Crippen LogP contribution is -2.63. The van der Waals surface area contributed by atoms with Gasteiger partial charge in [-0.15, -0.1) is 0 Å². The van der Waals surface area contributed by atoms with Crippen molar-refractivity contribution < 1.29 is 33.6 Å². The van der Waals surface area contributed by atoms with Gasteiger partial charge in [0.1, 0.15) is 24.2 Å². The monoisotopic (exact) mass is 780 g/mol. The molecule has 14 heteroatoms. The number of likely N-dealkylation sites (tertiary alicyclic amines) is 1. The predicted molar refractivity (Wildman–Crippen MR) is 211 cm³/mol. The van der Waals surface area contributed by atoms with Gasteiger partial charge in [0.05, 0.1) is 12.1 Å². The van der Waals surface area contributed by atoms with E-state index in [-0.39, 0.29) is 41.2 Å². The van der Waals surface area contributed by atoms with Crippen LogP contribution in [0.1, 0.15) is 123 Å². The van der Waals surface area contributed by atoms with Crippen molar-refractivity contribution in [3.05, 3.63) is 35.9 Å². The average Bonchev–Trinajstić information content (AvgIpc) is 3.79. The molecule has 2 aliphatic heterocycles. The van der Waals surface area contributed by atoms with Crippen molar-refractivity contribution >= 4 is 52.3 Å². The molecule has 8 atom stereocenters.